The van der Waals surface area contributed by atoms with Crippen LogP contribution in [0, 0.1) is 5.82 Å². The molecule has 1 fully saturated rings. The molecular formula is C16H23FN2O2. The van der Waals surface area contributed by atoms with Crippen molar-refractivity contribution in [2.75, 3.05) is 25.4 Å². The lowest BCUT2D eigenvalue weighted by molar-refractivity contribution is 0.0896. The van der Waals surface area contributed by atoms with Crippen LogP contribution in [0.4, 0.5) is 10.1 Å². The van der Waals surface area contributed by atoms with E-state index in [1.165, 1.54) is 24.6 Å². The highest BCUT2D eigenvalue weighted by molar-refractivity contribution is 5.96. The van der Waals surface area contributed by atoms with Crippen LogP contribution in [-0.4, -0.2) is 41.5 Å². The van der Waals surface area contributed by atoms with Gasteiger partial charge in [0.2, 0.25) is 0 Å². The van der Waals surface area contributed by atoms with Gasteiger partial charge in [0.25, 0.3) is 0 Å². The predicted octanol–water partition coefficient (Wildman–Crippen LogP) is 2.22. The first-order valence-corrected chi connectivity index (χ1v) is 7.55. The van der Waals surface area contributed by atoms with Gasteiger partial charge in [-0.3, -0.25) is 9.69 Å². The fraction of sp³-hybridized carbons (Fsp3) is 0.562. The summed E-state index contributed by atoms with van der Waals surface area (Å²) in [6.45, 7) is 1.84. The molecule has 5 heteroatoms. The molecule has 1 saturated heterocycles. The monoisotopic (exact) mass is 294 g/mol. The van der Waals surface area contributed by atoms with Crippen LogP contribution in [0.1, 0.15) is 42.5 Å². The van der Waals surface area contributed by atoms with Crippen LogP contribution in [0.25, 0.3) is 0 Å². The Morgan fingerprint density at radius 2 is 2.24 bits per heavy atom. The quantitative estimate of drug-likeness (QED) is 0.623. The first kappa shape index (κ1) is 15.9. The van der Waals surface area contributed by atoms with Crippen molar-refractivity contribution in [2.24, 2.45) is 0 Å². The molecule has 0 saturated carbocycles. The average molecular weight is 294 g/mol. The standard InChI is InChI=1S/C16H23FN2O2/c17-14-5-4-12(11-15(14)18)16(21)6-9-19-8-2-1-3-13(19)7-10-20/h4-5,11,13,20H,1-3,6-10,18H2. The van der Waals surface area contributed by atoms with Crippen LogP contribution in [0.2, 0.25) is 0 Å². The lowest BCUT2D eigenvalue weighted by atomic mass is 9.98. The fourth-order valence-electron chi connectivity index (χ4n) is 2.94. The molecule has 0 aliphatic carbocycles. The van der Waals surface area contributed by atoms with Gasteiger partial charge in [-0.25, -0.2) is 4.39 Å². The molecule has 3 N–H and O–H groups in total. The SMILES string of the molecule is Nc1cc(C(=O)CCN2CCCCC2CCO)ccc1F. The second kappa shape index (κ2) is 7.52. The summed E-state index contributed by atoms with van der Waals surface area (Å²) in [7, 11) is 0. The maximum absolute atomic E-state index is 13.1. The lowest BCUT2D eigenvalue weighted by Crippen LogP contribution is -2.41. The smallest absolute Gasteiger partial charge is 0.164 e. The number of Topliss-reactive ketones (excluding diaryl/α,β-unsaturated/α-hetero) is 1. The van der Waals surface area contributed by atoms with Crippen molar-refractivity contribution in [3.8, 4) is 0 Å². The molecule has 0 bridgehead atoms. The van der Waals surface area contributed by atoms with Crippen LogP contribution in [0.3, 0.4) is 0 Å². The third kappa shape index (κ3) is 4.25. The van der Waals surface area contributed by atoms with Crippen molar-refractivity contribution in [1.29, 1.82) is 0 Å². The molecule has 0 amide bonds. The summed E-state index contributed by atoms with van der Waals surface area (Å²) in [6.07, 6.45) is 4.56. The van der Waals surface area contributed by atoms with Crippen LogP contribution in [0.15, 0.2) is 18.2 Å². The number of aliphatic hydroxyl groups excluding tert-OH is 1. The number of carbonyl (C=O) groups is 1. The summed E-state index contributed by atoms with van der Waals surface area (Å²) in [5, 5.41) is 9.11. The molecule has 1 aromatic rings. The maximum atomic E-state index is 13.1. The van der Waals surface area contributed by atoms with Crippen LogP contribution >= 0.6 is 0 Å². The average Bonchev–Trinajstić information content (AvgIpc) is 2.49. The summed E-state index contributed by atoms with van der Waals surface area (Å²) >= 11 is 0. The molecule has 0 radical (unpaired) electrons. The number of piperidine rings is 1. The highest BCUT2D eigenvalue weighted by Crippen LogP contribution is 2.20. The van der Waals surface area contributed by atoms with Crippen molar-refractivity contribution in [1.82, 2.24) is 4.90 Å². The van der Waals surface area contributed by atoms with E-state index >= 15 is 0 Å². The van der Waals surface area contributed by atoms with Gasteiger partial charge in [0.05, 0.1) is 5.69 Å². The summed E-state index contributed by atoms with van der Waals surface area (Å²) in [6, 6.07) is 4.49. The van der Waals surface area contributed by atoms with E-state index in [9.17, 15) is 9.18 Å². The number of anilines is 1. The van der Waals surface area contributed by atoms with Crippen LogP contribution in [-0.2, 0) is 0 Å². The molecule has 21 heavy (non-hydrogen) atoms. The molecule has 1 heterocycles. The van der Waals surface area contributed by atoms with Gasteiger partial charge >= 0.3 is 0 Å². The molecule has 1 aliphatic rings. The number of rotatable bonds is 6. The molecular weight excluding hydrogens is 271 g/mol. The minimum absolute atomic E-state index is 0.0111. The lowest BCUT2D eigenvalue weighted by Gasteiger charge is -2.35. The maximum Gasteiger partial charge on any atom is 0.164 e. The topological polar surface area (TPSA) is 66.6 Å². The normalized spacial score (nSPS) is 19.6. The molecule has 1 aliphatic heterocycles. The van der Waals surface area contributed by atoms with Crippen molar-refractivity contribution >= 4 is 11.5 Å². The Morgan fingerprint density at radius 1 is 1.43 bits per heavy atom. The zero-order valence-electron chi connectivity index (χ0n) is 12.2. The Hall–Kier alpha value is -1.46. The number of aliphatic hydroxyl groups is 1. The van der Waals surface area contributed by atoms with Gasteiger partial charge in [-0.2, -0.15) is 0 Å². The number of hydrogen-bond donors (Lipinski definition) is 2. The van der Waals surface area contributed by atoms with Gasteiger partial charge in [-0.05, 0) is 44.0 Å². The number of benzene rings is 1. The summed E-state index contributed by atoms with van der Waals surface area (Å²) in [4.78, 5) is 14.4. The van der Waals surface area contributed by atoms with E-state index in [1.807, 2.05) is 0 Å². The van der Waals surface area contributed by atoms with Crippen LogP contribution < -0.4 is 5.73 Å². The van der Waals surface area contributed by atoms with E-state index in [0.717, 1.165) is 25.8 Å². The zero-order chi connectivity index (χ0) is 15.2. The molecule has 0 aromatic heterocycles. The summed E-state index contributed by atoms with van der Waals surface area (Å²) in [5.41, 5.74) is 5.97. The first-order chi connectivity index (χ1) is 10.1. The second-order valence-corrected chi connectivity index (χ2v) is 5.61. The highest BCUT2D eigenvalue weighted by atomic mass is 19.1. The van der Waals surface area contributed by atoms with E-state index in [-0.39, 0.29) is 18.1 Å². The van der Waals surface area contributed by atoms with Gasteiger partial charge in [-0.1, -0.05) is 6.42 Å². The fourth-order valence-corrected chi connectivity index (χ4v) is 2.94. The van der Waals surface area contributed by atoms with Gasteiger partial charge < -0.3 is 10.8 Å². The largest absolute Gasteiger partial charge is 0.396 e. The number of ketones is 1. The highest BCUT2D eigenvalue weighted by Gasteiger charge is 2.22. The Bertz CT molecular complexity index is 491. The van der Waals surface area contributed by atoms with E-state index in [4.69, 9.17) is 10.8 Å². The van der Waals surface area contributed by atoms with Gasteiger partial charge in [0, 0.05) is 31.2 Å². The number of nitrogens with two attached hydrogens (primary N) is 1. The molecule has 116 valence electrons. The van der Waals surface area contributed by atoms with Crippen molar-refractivity contribution in [2.45, 2.75) is 38.1 Å². The number of likely N-dealkylation sites (tertiary alicyclic amines) is 1. The van der Waals surface area contributed by atoms with Crippen molar-refractivity contribution in [3.05, 3.63) is 29.6 Å². The minimum atomic E-state index is -0.495. The van der Waals surface area contributed by atoms with Gasteiger partial charge in [0.15, 0.2) is 5.78 Å². The van der Waals surface area contributed by atoms with Crippen molar-refractivity contribution < 1.29 is 14.3 Å². The van der Waals surface area contributed by atoms with E-state index in [1.54, 1.807) is 0 Å². The Balaban J connectivity index is 1.91. The van der Waals surface area contributed by atoms with E-state index < -0.39 is 5.82 Å². The number of nitrogens with zero attached hydrogens (tertiary/aromatic N) is 1. The summed E-state index contributed by atoms with van der Waals surface area (Å²) in [5.74, 6) is -0.513. The first-order valence-electron chi connectivity index (χ1n) is 7.55. The Kier molecular flexibility index (Phi) is 5.70. The predicted molar refractivity (Wildman–Crippen MR) is 80.7 cm³/mol. The van der Waals surface area contributed by atoms with Crippen LogP contribution in [0.5, 0.6) is 0 Å². The second-order valence-electron chi connectivity index (χ2n) is 5.61. The third-order valence-electron chi connectivity index (χ3n) is 4.16. The number of hydrogen-bond acceptors (Lipinski definition) is 4. The Labute approximate surface area is 124 Å². The summed E-state index contributed by atoms with van der Waals surface area (Å²) < 4.78 is 13.1. The molecule has 1 unspecified atom stereocenters. The molecule has 4 nitrogen and oxygen atoms in total. The third-order valence-corrected chi connectivity index (χ3v) is 4.16. The van der Waals surface area contributed by atoms with E-state index in [2.05, 4.69) is 4.90 Å². The Morgan fingerprint density at radius 3 is 2.95 bits per heavy atom. The van der Waals surface area contributed by atoms with Gasteiger partial charge in [-0.15, -0.1) is 0 Å². The van der Waals surface area contributed by atoms with Gasteiger partial charge in [0.1, 0.15) is 5.82 Å². The number of nitrogen functional groups attached to an aromatic ring is 1. The molecule has 1 aromatic carbocycles. The molecule has 1 atom stereocenters. The zero-order valence-corrected chi connectivity index (χ0v) is 12.2. The molecule has 2 rings (SSSR count). The molecule has 0 spiro atoms. The minimum Gasteiger partial charge on any atom is -0.396 e. The van der Waals surface area contributed by atoms with E-state index in [0.29, 0.717) is 24.6 Å². The number of carbonyl (C=O) groups excluding carboxylic acids is 1. The number of halogens is 1. The van der Waals surface area contributed by atoms with Crippen molar-refractivity contribution in [3.63, 3.8) is 0 Å².